The third kappa shape index (κ3) is 3.79. The monoisotopic (exact) mass is 417 g/mol. The summed E-state index contributed by atoms with van der Waals surface area (Å²) >= 11 is 5.84. The average molecular weight is 418 g/mol. The summed E-state index contributed by atoms with van der Waals surface area (Å²) in [6, 6.07) is 6.96. The number of benzene rings is 1. The number of rotatable bonds is 9. The van der Waals surface area contributed by atoms with E-state index in [1.165, 1.54) is 19.3 Å². The third-order valence-corrected chi connectivity index (χ3v) is 7.77. The third-order valence-electron chi connectivity index (χ3n) is 7.52. The average Bonchev–Trinajstić information content (AvgIpc) is 2.55. The van der Waals surface area contributed by atoms with Gasteiger partial charge in [0.05, 0.1) is 6.10 Å². The number of amides is 1. The molecule has 6 heteroatoms. The van der Waals surface area contributed by atoms with Crippen molar-refractivity contribution in [3.05, 3.63) is 29.3 Å². The van der Waals surface area contributed by atoms with Crippen LogP contribution >= 0.6 is 11.6 Å². The summed E-state index contributed by atoms with van der Waals surface area (Å²) in [6.45, 7) is 0.253. The first-order valence-electron chi connectivity index (χ1n) is 10.7. The zero-order valence-electron chi connectivity index (χ0n) is 16.7. The Bertz CT molecular complexity index is 789. The molecule has 0 radical (unpaired) electrons. The summed E-state index contributed by atoms with van der Waals surface area (Å²) in [5.74, 6) is 0.724. The summed E-state index contributed by atoms with van der Waals surface area (Å²) in [7, 11) is 0. The molecule has 5 aliphatic rings. The van der Waals surface area contributed by atoms with E-state index in [2.05, 4.69) is 5.32 Å². The van der Waals surface area contributed by atoms with E-state index in [9.17, 15) is 9.59 Å². The number of Topliss-reactive ketones (excluding diaryl/α,β-unsaturated/α-hetero) is 1. The smallest absolute Gasteiger partial charge is 0.258 e. The SMILES string of the molecule is O=C(COC1CC2(CCC2)C1)CC12CC(NC(=O)COc3ccc(Cl)cc3)(C1)C2. The fourth-order valence-corrected chi connectivity index (χ4v) is 6.24. The van der Waals surface area contributed by atoms with Crippen LogP contribution in [0, 0.1) is 10.8 Å². The molecule has 5 nitrogen and oxygen atoms in total. The van der Waals surface area contributed by atoms with Crippen molar-refractivity contribution in [1.29, 1.82) is 0 Å². The van der Waals surface area contributed by atoms with Gasteiger partial charge in [-0.05, 0) is 80.0 Å². The quantitative estimate of drug-likeness (QED) is 0.657. The van der Waals surface area contributed by atoms with Crippen LogP contribution in [0.2, 0.25) is 5.02 Å². The summed E-state index contributed by atoms with van der Waals surface area (Å²) < 4.78 is 11.3. The van der Waals surface area contributed by atoms with Gasteiger partial charge >= 0.3 is 0 Å². The maximum Gasteiger partial charge on any atom is 0.258 e. The molecule has 1 N–H and O–H groups in total. The number of carbonyl (C=O) groups excluding carboxylic acids is 2. The molecule has 6 rings (SSSR count). The van der Waals surface area contributed by atoms with Gasteiger partial charge < -0.3 is 14.8 Å². The van der Waals surface area contributed by atoms with Crippen LogP contribution in [0.4, 0.5) is 0 Å². The standard InChI is InChI=1S/C23H28ClNO4/c24-16-2-4-18(5-3-16)29-12-20(27)25-23-13-22(14-23,15-23)8-17(26)11-28-19-9-21(10-19)6-1-7-21/h2-5,19H,1,6-15H2,(H,25,27). The van der Waals surface area contributed by atoms with Crippen LogP contribution in [0.25, 0.3) is 0 Å². The number of ketones is 1. The first kappa shape index (κ1) is 19.4. The van der Waals surface area contributed by atoms with Gasteiger partial charge in [0, 0.05) is 17.0 Å². The number of hydrogen-bond donors (Lipinski definition) is 1. The molecule has 0 aromatic heterocycles. The minimum atomic E-state index is -0.119. The molecule has 1 aromatic rings. The second-order valence-electron chi connectivity index (χ2n) is 10.0. The van der Waals surface area contributed by atoms with Crippen LogP contribution in [-0.4, -0.2) is 36.5 Å². The van der Waals surface area contributed by atoms with E-state index < -0.39 is 0 Å². The van der Waals surface area contributed by atoms with Crippen molar-refractivity contribution in [3.8, 4) is 5.75 Å². The second kappa shape index (κ2) is 6.98. The van der Waals surface area contributed by atoms with E-state index in [4.69, 9.17) is 21.1 Å². The van der Waals surface area contributed by atoms with E-state index in [0.29, 0.717) is 28.7 Å². The molecule has 0 saturated heterocycles. The molecule has 0 heterocycles. The van der Waals surface area contributed by atoms with Crippen molar-refractivity contribution in [2.45, 2.75) is 69.4 Å². The van der Waals surface area contributed by atoms with E-state index in [1.54, 1.807) is 24.3 Å². The molecule has 5 fully saturated rings. The Balaban J connectivity index is 0.981. The number of nitrogens with one attached hydrogen (secondary N) is 1. The zero-order chi connectivity index (χ0) is 20.1. The normalized spacial score (nSPS) is 31.1. The maximum atomic E-state index is 12.3. The number of hydrogen-bond acceptors (Lipinski definition) is 4. The highest BCUT2D eigenvalue weighted by Crippen LogP contribution is 2.69. The van der Waals surface area contributed by atoms with Gasteiger partial charge in [-0.25, -0.2) is 0 Å². The Hall–Kier alpha value is -1.59. The van der Waals surface area contributed by atoms with Crippen LogP contribution in [0.3, 0.4) is 0 Å². The van der Waals surface area contributed by atoms with Gasteiger partial charge in [0.15, 0.2) is 12.4 Å². The van der Waals surface area contributed by atoms with E-state index >= 15 is 0 Å². The fraction of sp³-hybridized carbons (Fsp3) is 0.652. The van der Waals surface area contributed by atoms with Gasteiger partial charge in [-0.3, -0.25) is 9.59 Å². The Kier molecular flexibility index (Phi) is 4.67. The lowest BCUT2D eigenvalue weighted by Gasteiger charge is -2.70. The summed E-state index contributed by atoms with van der Waals surface area (Å²) in [4.78, 5) is 24.5. The van der Waals surface area contributed by atoms with Gasteiger partial charge in [-0.1, -0.05) is 18.0 Å². The maximum absolute atomic E-state index is 12.3. The molecule has 0 unspecified atom stereocenters. The van der Waals surface area contributed by atoms with Crippen LogP contribution in [0.5, 0.6) is 5.75 Å². The number of carbonyl (C=O) groups is 2. The first-order valence-corrected chi connectivity index (χ1v) is 11.1. The topological polar surface area (TPSA) is 64.6 Å². The molecule has 1 spiro atoms. The molecular weight excluding hydrogens is 390 g/mol. The highest BCUT2D eigenvalue weighted by molar-refractivity contribution is 6.30. The molecule has 1 aromatic carbocycles. The second-order valence-corrected chi connectivity index (χ2v) is 10.4. The van der Waals surface area contributed by atoms with E-state index in [1.807, 2.05) is 0 Å². The summed E-state index contributed by atoms with van der Waals surface area (Å²) in [5, 5.41) is 3.73. The van der Waals surface area contributed by atoms with Gasteiger partial charge in [-0.2, -0.15) is 0 Å². The van der Waals surface area contributed by atoms with Crippen molar-refractivity contribution in [2.75, 3.05) is 13.2 Å². The Labute approximate surface area is 176 Å². The Morgan fingerprint density at radius 2 is 1.76 bits per heavy atom. The predicted octanol–water partition coefficient (Wildman–Crippen LogP) is 4.07. The molecule has 5 aliphatic carbocycles. The van der Waals surface area contributed by atoms with E-state index in [0.717, 1.165) is 32.1 Å². The summed E-state index contributed by atoms with van der Waals surface area (Å²) in [6.07, 6.45) is 9.94. The lowest BCUT2D eigenvalue weighted by atomic mass is 9.38. The Morgan fingerprint density at radius 1 is 1.07 bits per heavy atom. The molecule has 0 aliphatic heterocycles. The molecule has 1 amide bonds. The minimum absolute atomic E-state index is 0.00790. The number of halogens is 1. The van der Waals surface area contributed by atoms with Gasteiger partial charge in [0.25, 0.3) is 5.91 Å². The molecular formula is C23H28ClNO4. The molecule has 2 bridgehead atoms. The summed E-state index contributed by atoms with van der Waals surface area (Å²) in [5.41, 5.74) is 0.565. The Morgan fingerprint density at radius 3 is 2.38 bits per heavy atom. The van der Waals surface area contributed by atoms with Crippen molar-refractivity contribution in [1.82, 2.24) is 5.32 Å². The fourth-order valence-electron chi connectivity index (χ4n) is 6.12. The van der Waals surface area contributed by atoms with Crippen LogP contribution in [-0.2, 0) is 14.3 Å². The lowest BCUT2D eigenvalue weighted by molar-refractivity contribution is -0.177. The first-order chi connectivity index (χ1) is 13.9. The van der Waals surface area contributed by atoms with Crippen molar-refractivity contribution < 1.29 is 19.1 Å². The molecule has 0 atom stereocenters. The van der Waals surface area contributed by atoms with Crippen molar-refractivity contribution >= 4 is 23.3 Å². The van der Waals surface area contributed by atoms with Crippen LogP contribution in [0.1, 0.15) is 57.8 Å². The van der Waals surface area contributed by atoms with Gasteiger partial charge in [0.1, 0.15) is 12.4 Å². The molecule has 156 valence electrons. The minimum Gasteiger partial charge on any atom is -0.484 e. The highest BCUT2D eigenvalue weighted by Gasteiger charge is 2.68. The van der Waals surface area contributed by atoms with Crippen LogP contribution < -0.4 is 10.1 Å². The van der Waals surface area contributed by atoms with Gasteiger partial charge in [0.2, 0.25) is 0 Å². The van der Waals surface area contributed by atoms with E-state index in [-0.39, 0.29) is 35.9 Å². The largest absolute Gasteiger partial charge is 0.484 e. The van der Waals surface area contributed by atoms with Crippen LogP contribution in [0.15, 0.2) is 24.3 Å². The van der Waals surface area contributed by atoms with Crippen molar-refractivity contribution in [3.63, 3.8) is 0 Å². The lowest BCUT2D eigenvalue weighted by Crippen LogP contribution is -2.75. The highest BCUT2D eigenvalue weighted by atomic mass is 35.5. The number of ether oxygens (including phenoxy) is 2. The van der Waals surface area contributed by atoms with Crippen molar-refractivity contribution in [2.24, 2.45) is 10.8 Å². The molecule has 5 saturated carbocycles. The molecule has 29 heavy (non-hydrogen) atoms. The predicted molar refractivity (Wildman–Crippen MR) is 109 cm³/mol. The van der Waals surface area contributed by atoms with Gasteiger partial charge in [-0.15, -0.1) is 0 Å². The zero-order valence-corrected chi connectivity index (χ0v) is 17.4.